The molecule has 0 amide bonds. The zero-order valence-corrected chi connectivity index (χ0v) is 27.5. The van der Waals surface area contributed by atoms with Crippen LogP contribution in [0, 0.1) is 0 Å². The maximum atomic E-state index is 2.36. The second-order valence-corrected chi connectivity index (χ2v) is 13.2. The van der Waals surface area contributed by atoms with Crippen molar-refractivity contribution >= 4 is 53.9 Å². The Morgan fingerprint density at radius 2 is 0.700 bits per heavy atom. The monoisotopic (exact) mass is 632 g/mol. The van der Waals surface area contributed by atoms with Gasteiger partial charge in [-0.05, 0) is 111 Å². The molecular formula is C50H32. The van der Waals surface area contributed by atoms with Crippen molar-refractivity contribution in [3.63, 3.8) is 0 Å². The smallest absolute Gasteiger partial charge is 0.00204 e. The molecule has 10 rings (SSSR count). The van der Waals surface area contributed by atoms with Crippen molar-refractivity contribution in [1.82, 2.24) is 0 Å². The van der Waals surface area contributed by atoms with Crippen molar-refractivity contribution in [1.29, 1.82) is 0 Å². The number of rotatable bonds is 4. The van der Waals surface area contributed by atoms with Gasteiger partial charge in [-0.1, -0.05) is 182 Å². The van der Waals surface area contributed by atoms with E-state index < -0.39 is 0 Å². The third-order valence-electron chi connectivity index (χ3n) is 10.4. The zero-order valence-electron chi connectivity index (χ0n) is 27.5. The minimum Gasteiger partial charge on any atom is -0.0622 e. The van der Waals surface area contributed by atoms with Gasteiger partial charge in [-0.3, -0.25) is 0 Å². The molecule has 10 aromatic rings. The van der Waals surface area contributed by atoms with E-state index in [-0.39, 0.29) is 0 Å². The molecule has 0 heteroatoms. The summed E-state index contributed by atoms with van der Waals surface area (Å²) in [6.45, 7) is 0. The van der Waals surface area contributed by atoms with Crippen LogP contribution in [-0.2, 0) is 0 Å². The highest BCUT2D eigenvalue weighted by atomic mass is 14.2. The van der Waals surface area contributed by atoms with Crippen LogP contribution in [0.4, 0.5) is 0 Å². The first-order chi connectivity index (χ1) is 24.8. The van der Waals surface area contributed by atoms with Crippen molar-refractivity contribution in [3.05, 3.63) is 194 Å². The SMILES string of the molecule is c1ccc(-c2cc3ccccc3c3cccc(-c4ccc(-c5c6ccccc6c(-c6ccc7ccccc7c6)c6ccccc56)cc4)c23)cc1. The molecule has 0 bridgehead atoms. The lowest BCUT2D eigenvalue weighted by atomic mass is 9.85. The van der Waals surface area contributed by atoms with Gasteiger partial charge in [-0.25, -0.2) is 0 Å². The maximum Gasteiger partial charge on any atom is -0.00204 e. The molecule has 0 spiro atoms. The summed E-state index contributed by atoms with van der Waals surface area (Å²) >= 11 is 0. The molecule has 0 saturated carbocycles. The molecule has 0 N–H and O–H groups in total. The zero-order chi connectivity index (χ0) is 33.0. The van der Waals surface area contributed by atoms with Crippen molar-refractivity contribution in [2.24, 2.45) is 0 Å². The van der Waals surface area contributed by atoms with Gasteiger partial charge in [0, 0.05) is 0 Å². The summed E-state index contributed by atoms with van der Waals surface area (Å²) in [5.74, 6) is 0. The number of benzene rings is 10. The van der Waals surface area contributed by atoms with E-state index in [9.17, 15) is 0 Å². The van der Waals surface area contributed by atoms with E-state index >= 15 is 0 Å². The Bertz CT molecular complexity index is 2840. The van der Waals surface area contributed by atoms with E-state index in [0.29, 0.717) is 0 Å². The molecule has 0 atom stereocenters. The predicted octanol–water partition coefficient (Wildman–Crippen LogP) is 14.1. The topological polar surface area (TPSA) is 0 Å². The van der Waals surface area contributed by atoms with Gasteiger partial charge in [0.2, 0.25) is 0 Å². The van der Waals surface area contributed by atoms with Crippen LogP contribution >= 0.6 is 0 Å². The number of hydrogen-bond donors (Lipinski definition) is 0. The van der Waals surface area contributed by atoms with Gasteiger partial charge >= 0.3 is 0 Å². The average molecular weight is 633 g/mol. The van der Waals surface area contributed by atoms with Gasteiger partial charge in [0.05, 0.1) is 0 Å². The van der Waals surface area contributed by atoms with E-state index in [2.05, 4.69) is 194 Å². The summed E-state index contributed by atoms with van der Waals surface area (Å²) in [5.41, 5.74) is 10.0. The molecule has 0 nitrogen and oxygen atoms in total. The minimum absolute atomic E-state index is 1.22. The molecular weight excluding hydrogens is 601 g/mol. The van der Waals surface area contributed by atoms with Crippen LogP contribution in [0.1, 0.15) is 0 Å². The molecule has 10 aromatic carbocycles. The molecule has 0 radical (unpaired) electrons. The highest BCUT2D eigenvalue weighted by Gasteiger charge is 2.18. The molecule has 0 aliphatic rings. The van der Waals surface area contributed by atoms with Crippen LogP contribution < -0.4 is 0 Å². The second-order valence-electron chi connectivity index (χ2n) is 13.2. The van der Waals surface area contributed by atoms with E-state index in [4.69, 9.17) is 0 Å². The standard InChI is InChI=1S/C50H32/c1-2-14-34(15-3-1)47-32-38-17-6-7-18-40(38)42-24-12-23-41(50(42)47)35-26-28-36(29-27-35)48-43-19-8-10-21-45(43)49(46-22-11-9-20-44(46)48)39-30-25-33-13-4-5-16-37(33)31-39/h1-32H. The number of hydrogen-bond acceptors (Lipinski definition) is 0. The fourth-order valence-electron chi connectivity index (χ4n) is 8.16. The van der Waals surface area contributed by atoms with E-state index in [0.717, 1.165) is 0 Å². The molecule has 50 heavy (non-hydrogen) atoms. The van der Waals surface area contributed by atoms with Gasteiger partial charge in [0.25, 0.3) is 0 Å². The third kappa shape index (κ3) is 4.54. The Morgan fingerprint density at radius 1 is 0.220 bits per heavy atom. The van der Waals surface area contributed by atoms with E-state index in [1.54, 1.807) is 0 Å². The second kappa shape index (κ2) is 11.6. The lowest BCUT2D eigenvalue weighted by molar-refractivity contribution is 1.63. The predicted molar refractivity (Wildman–Crippen MR) is 216 cm³/mol. The molecule has 0 heterocycles. The summed E-state index contributed by atoms with van der Waals surface area (Å²) in [6, 6.07) is 71.3. The summed E-state index contributed by atoms with van der Waals surface area (Å²) in [6.07, 6.45) is 0. The first-order valence-corrected chi connectivity index (χ1v) is 17.4. The third-order valence-corrected chi connectivity index (χ3v) is 10.4. The highest BCUT2D eigenvalue weighted by molar-refractivity contribution is 6.22. The normalized spacial score (nSPS) is 11.6. The van der Waals surface area contributed by atoms with Crippen molar-refractivity contribution < 1.29 is 0 Å². The van der Waals surface area contributed by atoms with E-state index in [1.165, 1.54) is 98.4 Å². The van der Waals surface area contributed by atoms with Crippen LogP contribution in [-0.4, -0.2) is 0 Å². The largest absolute Gasteiger partial charge is 0.0622 e. The van der Waals surface area contributed by atoms with Crippen molar-refractivity contribution in [2.45, 2.75) is 0 Å². The van der Waals surface area contributed by atoms with E-state index in [1.807, 2.05) is 0 Å². The molecule has 0 fully saturated rings. The fourth-order valence-corrected chi connectivity index (χ4v) is 8.16. The van der Waals surface area contributed by atoms with Crippen molar-refractivity contribution in [3.8, 4) is 44.5 Å². The first kappa shape index (κ1) is 28.5. The summed E-state index contributed by atoms with van der Waals surface area (Å²) in [4.78, 5) is 0. The van der Waals surface area contributed by atoms with Crippen LogP contribution in [0.15, 0.2) is 194 Å². The molecule has 0 saturated heterocycles. The van der Waals surface area contributed by atoms with Gasteiger partial charge in [-0.15, -0.1) is 0 Å². The maximum absolute atomic E-state index is 2.36. The summed E-state index contributed by atoms with van der Waals surface area (Å²) in [5, 5.41) is 12.7. The lowest BCUT2D eigenvalue weighted by Gasteiger charge is -2.18. The Labute approximate surface area is 291 Å². The molecule has 0 aromatic heterocycles. The van der Waals surface area contributed by atoms with Crippen LogP contribution in [0.3, 0.4) is 0 Å². The molecule has 0 aliphatic heterocycles. The van der Waals surface area contributed by atoms with Gasteiger partial charge in [0.15, 0.2) is 0 Å². The Balaban J connectivity index is 1.18. The van der Waals surface area contributed by atoms with Crippen LogP contribution in [0.5, 0.6) is 0 Å². The lowest BCUT2D eigenvalue weighted by Crippen LogP contribution is -1.91. The number of fused-ring (bicyclic) bond motifs is 6. The van der Waals surface area contributed by atoms with Gasteiger partial charge < -0.3 is 0 Å². The summed E-state index contributed by atoms with van der Waals surface area (Å²) < 4.78 is 0. The Hall–Kier alpha value is -6.50. The molecule has 0 unspecified atom stereocenters. The average Bonchev–Trinajstić information content (AvgIpc) is 3.19. The van der Waals surface area contributed by atoms with Gasteiger partial charge in [0.1, 0.15) is 0 Å². The van der Waals surface area contributed by atoms with Crippen LogP contribution in [0.25, 0.3) is 98.4 Å². The summed E-state index contributed by atoms with van der Waals surface area (Å²) in [7, 11) is 0. The molecule has 232 valence electrons. The minimum atomic E-state index is 1.22. The molecule has 0 aliphatic carbocycles. The Morgan fingerprint density at radius 3 is 1.38 bits per heavy atom. The first-order valence-electron chi connectivity index (χ1n) is 17.4. The fraction of sp³-hybridized carbons (Fsp3) is 0. The highest BCUT2D eigenvalue weighted by Crippen LogP contribution is 2.45. The van der Waals surface area contributed by atoms with Crippen molar-refractivity contribution in [2.75, 3.05) is 0 Å². The van der Waals surface area contributed by atoms with Crippen LogP contribution in [0.2, 0.25) is 0 Å². The Kier molecular flexibility index (Phi) is 6.60. The quantitative estimate of drug-likeness (QED) is 0.134. The van der Waals surface area contributed by atoms with Gasteiger partial charge in [-0.2, -0.15) is 0 Å².